The first kappa shape index (κ1) is 32.7. The van der Waals surface area contributed by atoms with Gasteiger partial charge >= 0.3 is 30.0 Å². The number of ketones is 2. The van der Waals surface area contributed by atoms with Crippen molar-refractivity contribution in [3.8, 4) is 0 Å². The average molecular weight is 656 g/mol. The maximum Gasteiger partial charge on any atom is 0.458 e. The number of pyridine rings is 1. The molecule has 0 spiro atoms. The lowest BCUT2D eigenvalue weighted by molar-refractivity contribution is -0.193. The third-order valence-electron chi connectivity index (χ3n) is 5.82. The summed E-state index contributed by atoms with van der Waals surface area (Å²) in [5.41, 5.74) is 4.28. The normalized spacial score (nSPS) is 12.4. The SMILES string of the molecule is O=C(C(=O)C(F)(F)F)C(F)(F)F.O=C(NCc1ccco1)Nc1ccc2cc1CCc1cncc(c1)Nc1ncc(Cl)c(n1)N2. The number of urea groups is 1. The smallest absolute Gasteiger partial charge is 0.458 e. The van der Waals surface area contributed by atoms with Gasteiger partial charge < -0.3 is 25.7 Å². The number of hydrogen-bond acceptors (Lipinski definition) is 9. The number of aromatic nitrogens is 3. The second kappa shape index (κ2) is 13.6. The van der Waals surface area contributed by atoms with E-state index in [1.807, 2.05) is 30.5 Å². The van der Waals surface area contributed by atoms with Crippen LogP contribution < -0.4 is 21.3 Å². The zero-order valence-electron chi connectivity index (χ0n) is 22.5. The van der Waals surface area contributed by atoms with Crippen molar-refractivity contribution in [2.24, 2.45) is 0 Å². The Morgan fingerprint density at radius 1 is 0.911 bits per heavy atom. The third kappa shape index (κ3) is 9.15. The number of furan rings is 1. The van der Waals surface area contributed by atoms with Crippen molar-refractivity contribution >= 4 is 58.0 Å². The van der Waals surface area contributed by atoms with Crippen molar-refractivity contribution in [2.75, 3.05) is 16.0 Å². The average Bonchev–Trinajstić information content (AvgIpc) is 3.50. The van der Waals surface area contributed by atoms with Gasteiger partial charge in [0.05, 0.1) is 30.9 Å². The van der Waals surface area contributed by atoms with Crippen LogP contribution in [0.1, 0.15) is 16.9 Å². The maximum absolute atomic E-state index is 12.5. The number of carbonyl (C=O) groups excluding carboxylic acids is 3. The molecule has 0 unspecified atom stereocenters. The van der Waals surface area contributed by atoms with Crippen LogP contribution >= 0.6 is 11.6 Å². The Balaban J connectivity index is 0.000000328. The first-order valence-corrected chi connectivity index (χ1v) is 13.0. The van der Waals surface area contributed by atoms with Gasteiger partial charge in [-0.1, -0.05) is 11.6 Å². The predicted molar refractivity (Wildman–Crippen MR) is 148 cm³/mol. The van der Waals surface area contributed by atoms with Crippen LogP contribution in [0.25, 0.3) is 0 Å². The van der Waals surface area contributed by atoms with E-state index >= 15 is 0 Å². The zero-order valence-corrected chi connectivity index (χ0v) is 23.3. The summed E-state index contributed by atoms with van der Waals surface area (Å²) < 4.78 is 72.2. The molecule has 236 valence electrons. The van der Waals surface area contributed by atoms with Gasteiger partial charge in [-0.25, -0.2) is 9.78 Å². The van der Waals surface area contributed by atoms with Crippen molar-refractivity contribution in [3.63, 3.8) is 0 Å². The lowest BCUT2D eigenvalue weighted by atomic mass is 10.0. The van der Waals surface area contributed by atoms with Crippen LogP contribution in [0.4, 0.5) is 60.0 Å². The van der Waals surface area contributed by atoms with Crippen molar-refractivity contribution in [3.05, 3.63) is 83.2 Å². The summed E-state index contributed by atoms with van der Waals surface area (Å²) >= 11 is 6.31. The molecule has 4 aromatic rings. The molecular formula is C27H20ClF6N7O4. The van der Waals surface area contributed by atoms with E-state index in [9.17, 15) is 40.7 Å². The summed E-state index contributed by atoms with van der Waals surface area (Å²) in [5.74, 6) is -5.25. The number of halogens is 7. The lowest BCUT2D eigenvalue weighted by Crippen LogP contribution is -2.39. The molecule has 11 nitrogen and oxygen atoms in total. The highest BCUT2D eigenvalue weighted by molar-refractivity contribution is 6.41. The number of anilines is 5. The van der Waals surface area contributed by atoms with Crippen LogP contribution in [-0.2, 0) is 29.0 Å². The zero-order chi connectivity index (χ0) is 32.8. The van der Waals surface area contributed by atoms with Gasteiger partial charge in [0, 0.05) is 17.6 Å². The van der Waals surface area contributed by atoms with Gasteiger partial charge in [-0.2, -0.15) is 31.3 Å². The highest BCUT2D eigenvalue weighted by Gasteiger charge is 2.54. The van der Waals surface area contributed by atoms with Gasteiger partial charge in [-0.15, -0.1) is 0 Å². The first-order valence-electron chi connectivity index (χ1n) is 12.6. The number of amides is 2. The lowest BCUT2D eigenvalue weighted by Gasteiger charge is -2.15. The Labute approximate surface area is 254 Å². The van der Waals surface area contributed by atoms with Gasteiger partial charge in [0.25, 0.3) is 0 Å². The van der Waals surface area contributed by atoms with E-state index in [1.54, 1.807) is 24.6 Å². The van der Waals surface area contributed by atoms with Gasteiger partial charge in [0.15, 0.2) is 5.82 Å². The van der Waals surface area contributed by atoms with Crippen LogP contribution in [0.2, 0.25) is 5.02 Å². The second-order valence-corrected chi connectivity index (χ2v) is 9.54. The van der Waals surface area contributed by atoms with E-state index < -0.39 is 23.9 Å². The number of rotatable bonds is 4. The fourth-order valence-corrected chi connectivity index (χ4v) is 3.90. The molecule has 0 radical (unpaired) electrons. The highest BCUT2D eigenvalue weighted by atomic mass is 35.5. The summed E-state index contributed by atoms with van der Waals surface area (Å²) in [6, 6.07) is 11.0. The molecule has 1 aliphatic heterocycles. The molecule has 6 bridgehead atoms. The topological polar surface area (TPSA) is 151 Å². The summed E-state index contributed by atoms with van der Waals surface area (Å²) in [6.07, 6.45) is -3.48. The minimum absolute atomic E-state index is 0.299. The quantitative estimate of drug-likeness (QED) is 0.147. The minimum Gasteiger partial charge on any atom is -0.467 e. The molecule has 2 amide bonds. The molecule has 0 saturated heterocycles. The monoisotopic (exact) mass is 655 g/mol. The number of nitrogens with one attached hydrogen (secondary N) is 4. The Hall–Kier alpha value is -5.19. The number of hydrogen-bond donors (Lipinski definition) is 4. The summed E-state index contributed by atoms with van der Waals surface area (Å²) in [7, 11) is 0. The van der Waals surface area contributed by atoms with Crippen LogP contribution in [0.5, 0.6) is 0 Å². The Morgan fingerprint density at radius 3 is 2.31 bits per heavy atom. The molecule has 3 aromatic heterocycles. The third-order valence-corrected chi connectivity index (χ3v) is 6.10. The molecule has 45 heavy (non-hydrogen) atoms. The highest BCUT2D eigenvalue weighted by Crippen LogP contribution is 2.29. The number of alkyl halides is 6. The number of nitrogens with zero attached hydrogens (tertiary/aromatic N) is 3. The second-order valence-electron chi connectivity index (χ2n) is 9.13. The van der Waals surface area contributed by atoms with E-state index in [4.69, 9.17) is 16.0 Å². The number of Topliss-reactive ketones (excluding diaryl/α,β-unsaturated/α-hetero) is 2. The van der Waals surface area contributed by atoms with Crippen LogP contribution in [0, 0.1) is 0 Å². The number of benzene rings is 1. The van der Waals surface area contributed by atoms with Crippen molar-refractivity contribution in [1.29, 1.82) is 0 Å². The van der Waals surface area contributed by atoms with Crippen LogP contribution in [0.15, 0.2) is 65.7 Å². The largest absolute Gasteiger partial charge is 0.467 e. The molecule has 0 atom stereocenters. The number of fused-ring (bicyclic) bond motifs is 6. The van der Waals surface area contributed by atoms with E-state index in [1.165, 1.54) is 6.20 Å². The summed E-state index contributed by atoms with van der Waals surface area (Å²) in [6.45, 7) is 0.299. The van der Waals surface area contributed by atoms with Crippen LogP contribution in [-0.4, -0.2) is 44.9 Å². The molecule has 0 aliphatic carbocycles. The molecular weight excluding hydrogens is 636 g/mol. The predicted octanol–water partition coefficient (Wildman–Crippen LogP) is 6.27. The standard InChI is InChI=1S/C23H20ClN7O2.C4F6O2/c24-19-13-26-22-29-17-8-14(10-25-11-17)3-4-15-9-16(28-21(19)31-22)5-6-20(15)30-23(32)27-12-18-2-1-7-33-18;5-3(6,7)1(11)2(12)4(8,9)10/h1-2,5-11,13H,3-4,12H2,(H2,27,30,32)(H2,26,28,29,31);. The molecule has 0 saturated carbocycles. The van der Waals surface area contributed by atoms with E-state index in [2.05, 4.69) is 36.2 Å². The van der Waals surface area contributed by atoms with Crippen molar-refractivity contribution in [2.45, 2.75) is 31.7 Å². The van der Waals surface area contributed by atoms with Gasteiger partial charge in [-0.3, -0.25) is 14.6 Å². The van der Waals surface area contributed by atoms with E-state index in [0.29, 0.717) is 41.2 Å². The summed E-state index contributed by atoms with van der Waals surface area (Å²) in [4.78, 5) is 44.7. The summed E-state index contributed by atoms with van der Waals surface area (Å²) in [5, 5.41) is 12.5. The molecule has 1 aromatic carbocycles. The Kier molecular flexibility index (Phi) is 9.91. The molecule has 1 aliphatic rings. The molecule has 18 heteroatoms. The van der Waals surface area contributed by atoms with Crippen molar-refractivity contribution < 1.29 is 45.1 Å². The molecule has 5 rings (SSSR count). The number of aryl methyl sites for hydroxylation is 2. The Bertz CT molecular complexity index is 1670. The number of carbonyl (C=O) groups is 3. The maximum atomic E-state index is 12.5. The van der Waals surface area contributed by atoms with Crippen LogP contribution in [0.3, 0.4) is 0 Å². The molecule has 4 heterocycles. The fourth-order valence-electron chi connectivity index (χ4n) is 3.76. The van der Waals surface area contributed by atoms with E-state index in [-0.39, 0.29) is 6.03 Å². The minimum atomic E-state index is -5.77. The molecule has 0 fully saturated rings. The van der Waals surface area contributed by atoms with Crippen molar-refractivity contribution in [1.82, 2.24) is 20.3 Å². The Morgan fingerprint density at radius 2 is 1.64 bits per heavy atom. The fraction of sp³-hybridized carbons (Fsp3) is 0.185. The van der Waals surface area contributed by atoms with Gasteiger partial charge in [0.1, 0.15) is 10.8 Å². The van der Waals surface area contributed by atoms with Gasteiger partial charge in [0.2, 0.25) is 5.95 Å². The first-order chi connectivity index (χ1) is 21.2. The molecule has 4 N–H and O–H groups in total. The van der Waals surface area contributed by atoms with Gasteiger partial charge in [-0.05, 0) is 60.4 Å². The van der Waals surface area contributed by atoms with E-state index in [0.717, 1.165) is 28.9 Å².